The Kier molecular flexibility index (Phi) is 6.15. The Hall–Kier alpha value is -1.07. The molecule has 0 fully saturated rings. The maximum Gasteiger partial charge on any atom is 0.251 e. The summed E-state index contributed by atoms with van der Waals surface area (Å²) in [6, 6.07) is 5.19. The van der Waals surface area contributed by atoms with Crippen molar-refractivity contribution in [3.05, 3.63) is 28.2 Å². The Labute approximate surface area is 115 Å². The molecule has 0 aliphatic rings. The molecular weight excluding hydrogens is 298 g/mol. The van der Waals surface area contributed by atoms with Gasteiger partial charge in [0.2, 0.25) is 0 Å². The maximum atomic E-state index is 11.9. The number of aliphatic hydroxyl groups is 1. The van der Waals surface area contributed by atoms with E-state index < -0.39 is 0 Å². The third-order valence-electron chi connectivity index (χ3n) is 2.65. The van der Waals surface area contributed by atoms with Crippen molar-refractivity contribution in [2.24, 2.45) is 5.92 Å². The molecule has 100 valence electrons. The second-order valence-corrected chi connectivity index (χ2v) is 5.03. The summed E-state index contributed by atoms with van der Waals surface area (Å²) in [6.45, 7) is 2.69. The number of hydrogen-bond donors (Lipinski definition) is 2. The Morgan fingerprint density at radius 3 is 2.83 bits per heavy atom. The van der Waals surface area contributed by atoms with Gasteiger partial charge in [-0.3, -0.25) is 4.79 Å². The number of nitrogens with one attached hydrogen (secondary N) is 1. The van der Waals surface area contributed by atoms with Gasteiger partial charge in [-0.15, -0.1) is 0 Å². The van der Waals surface area contributed by atoms with E-state index in [1.54, 1.807) is 25.3 Å². The fourth-order valence-corrected chi connectivity index (χ4v) is 2.04. The number of ether oxygens (including phenoxy) is 1. The van der Waals surface area contributed by atoms with Crippen molar-refractivity contribution in [1.29, 1.82) is 0 Å². The highest BCUT2D eigenvalue weighted by Gasteiger charge is 2.10. The number of halogens is 1. The molecule has 1 amide bonds. The van der Waals surface area contributed by atoms with Gasteiger partial charge < -0.3 is 15.2 Å². The molecule has 0 bridgehead atoms. The van der Waals surface area contributed by atoms with E-state index in [9.17, 15) is 4.79 Å². The van der Waals surface area contributed by atoms with Gasteiger partial charge >= 0.3 is 0 Å². The third-order valence-corrected chi connectivity index (χ3v) is 3.27. The van der Waals surface area contributed by atoms with Crippen molar-refractivity contribution in [2.45, 2.75) is 13.3 Å². The van der Waals surface area contributed by atoms with Crippen molar-refractivity contribution < 1.29 is 14.6 Å². The number of amides is 1. The number of rotatable bonds is 6. The number of aliphatic hydroxyl groups excluding tert-OH is 1. The Balaban J connectivity index is 2.59. The second-order valence-electron chi connectivity index (χ2n) is 4.18. The molecule has 1 aromatic carbocycles. The highest BCUT2D eigenvalue weighted by Crippen LogP contribution is 2.25. The topological polar surface area (TPSA) is 58.6 Å². The zero-order valence-corrected chi connectivity index (χ0v) is 12.2. The van der Waals surface area contributed by atoms with E-state index >= 15 is 0 Å². The van der Waals surface area contributed by atoms with Crippen LogP contribution in [0.4, 0.5) is 0 Å². The largest absolute Gasteiger partial charge is 0.496 e. The summed E-state index contributed by atoms with van der Waals surface area (Å²) >= 11 is 3.34. The molecule has 2 N–H and O–H groups in total. The first-order chi connectivity index (χ1) is 8.58. The Morgan fingerprint density at radius 1 is 1.56 bits per heavy atom. The SMILES string of the molecule is COc1ccc(C(=O)NCC(C)CCO)cc1Br. The van der Waals surface area contributed by atoms with Crippen LogP contribution in [-0.4, -0.2) is 31.3 Å². The van der Waals surface area contributed by atoms with E-state index in [2.05, 4.69) is 21.2 Å². The standard InChI is InChI=1S/C13H18BrNO3/c1-9(5-6-16)8-15-13(17)10-3-4-12(18-2)11(14)7-10/h3-4,7,9,16H,5-6,8H2,1-2H3,(H,15,17). The monoisotopic (exact) mass is 315 g/mol. The first-order valence-corrected chi connectivity index (χ1v) is 6.60. The lowest BCUT2D eigenvalue weighted by atomic mass is 10.1. The molecule has 0 saturated heterocycles. The van der Waals surface area contributed by atoms with Gasteiger partial charge in [0.1, 0.15) is 5.75 Å². The zero-order chi connectivity index (χ0) is 13.5. The highest BCUT2D eigenvalue weighted by atomic mass is 79.9. The molecule has 0 aliphatic heterocycles. The van der Waals surface area contributed by atoms with E-state index in [-0.39, 0.29) is 18.4 Å². The first-order valence-electron chi connectivity index (χ1n) is 5.81. The summed E-state index contributed by atoms with van der Waals surface area (Å²) in [5.74, 6) is 0.837. The fourth-order valence-electron chi connectivity index (χ4n) is 1.50. The van der Waals surface area contributed by atoms with Crippen LogP contribution >= 0.6 is 15.9 Å². The summed E-state index contributed by atoms with van der Waals surface area (Å²) in [7, 11) is 1.58. The Morgan fingerprint density at radius 2 is 2.28 bits per heavy atom. The van der Waals surface area contributed by atoms with Gasteiger partial charge in [0.05, 0.1) is 11.6 Å². The van der Waals surface area contributed by atoms with Gasteiger partial charge in [0.15, 0.2) is 0 Å². The average molecular weight is 316 g/mol. The van der Waals surface area contributed by atoms with Crippen LogP contribution in [0.3, 0.4) is 0 Å². The molecule has 1 atom stereocenters. The zero-order valence-electron chi connectivity index (χ0n) is 10.6. The van der Waals surface area contributed by atoms with Gasteiger partial charge in [-0.2, -0.15) is 0 Å². The van der Waals surface area contributed by atoms with Crippen LogP contribution < -0.4 is 10.1 Å². The van der Waals surface area contributed by atoms with Crippen molar-refractivity contribution in [3.63, 3.8) is 0 Å². The molecule has 1 unspecified atom stereocenters. The van der Waals surface area contributed by atoms with Crippen LogP contribution in [0.15, 0.2) is 22.7 Å². The smallest absolute Gasteiger partial charge is 0.251 e. The maximum absolute atomic E-state index is 11.9. The lowest BCUT2D eigenvalue weighted by molar-refractivity contribution is 0.0945. The Bertz CT molecular complexity index is 409. The van der Waals surface area contributed by atoms with E-state index in [1.807, 2.05) is 6.92 Å². The molecule has 0 spiro atoms. The molecule has 0 saturated carbocycles. The predicted molar refractivity (Wildman–Crippen MR) is 73.9 cm³/mol. The molecule has 1 rings (SSSR count). The van der Waals surface area contributed by atoms with Gasteiger partial charge in [0.25, 0.3) is 5.91 Å². The van der Waals surface area contributed by atoms with E-state index in [0.717, 1.165) is 4.47 Å². The minimum Gasteiger partial charge on any atom is -0.496 e. The second kappa shape index (κ2) is 7.38. The number of carbonyl (C=O) groups is 1. The molecule has 0 radical (unpaired) electrons. The van der Waals surface area contributed by atoms with Gasteiger partial charge in [-0.05, 0) is 46.5 Å². The average Bonchev–Trinajstić information content (AvgIpc) is 2.36. The lowest BCUT2D eigenvalue weighted by Gasteiger charge is -2.11. The van der Waals surface area contributed by atoms with Crippen LogP contribution in [0.1, 0.15) is 23.7 Å². The van der Waals surface area contributed by atoms with Crippen LogP contribution in [0.5, 0.6) is 5.75 Å². The van der Waals surface area contributed by atoms with Crippen molar-refractivity contribution in [2.75, 3.05) is 20.3 Å². The fraction of sp³-hybridized carbons (Fsp3) is 0.462. The molecule has 0 aromatic heterocycles. The van der Waals surface area contributed by atoms with Crippen LogP contribution in [-0.2, 0) is 0 Å². The number of methoxy groups -OCH3 is 1. The van der Waals surface area contributed by atoms with Gasteiger partial charge in [-0.1, -0.05) is 6.92 Å². The summed E-state index contributed by atoms with van der Waals surface area (Å²) < 4.78 is 5.85. The lowest BCUT2D eigenvalue weighted by Crippen LogP contribution is -2.28. The first kappa shape index (κ1) is 15.0. The van der Waals surface area contributed by atoms with E-state index in [1.165, 1.54) is 0 Å². The number of carbonyl (C=O) groups excluding carboxylic acids is 1. The van der Waals surface area contributed by atoms with Crippen molar-refractivity contribution in [3.8, 4) is 5.75 Å². The quantitative estimate of drug-likeness (QED) is 0.846. The highest BCUT2D eigenvalue weighted by molar-refractivity contribution is 9.10. The summed E-state index contributed by atoms with van der Waals surface area (Å²) in [6.07, 6.45) is 0.687. The molecule has 5 heteroatoms. The number of hydrogen-bond acceptors (Lipinski definition) is 3. The van der Waals surface area contributed by atoms with Gasteiger partial charge in [0, 0.05) is 18.7 Å². The summed E-state index contributed by atoms with van der Waals surface area (Å²) in [4.78, 5) is 11.9. The molecule has 4 nitrogen and oxygen atoms in total. The summed E-state index contributed by atoms with van der Waals surface area (Å²) in [5, 5.41) is 11.6. The van der Waals surface area contributed by atoms with E-state index in [4.69, 9.17) is 9.84 Å². The number of benzene rings is 1. The van der Waals surface area contributed by atoms with E-state index in [0.29, 0.717) is 24.3 Å². The third kappa shape index (κ3) is 4.31. The normalized spacial score (nSPS) is 12.0. The predicted octanol–water partition coefficient (Wildman–Crippen LogP) is 2.21. The van der Waals surface area contributed by atoms with Crippen molar-refractivity contribution >= 4 is 21.8 Å². The van der Waals surface area contributed by atoms with Crippen molar-refractivity contribution in [1.82, 2.24) is 5.32 Å². The van der Waals surface area contributed by atoms with Gasteiger partial charge in [-0.25, -0.2) is 0 Å². The van der Waals surface area contributed by atoms with Crippen LogP contribution in [0, 0.1) is 5.92 Å². The molecular formula is C13H18BrNO3. The molecule has 1 aromatic rings. The molecule has 18 heavy (non-hydrogen) atoms. The molecule has 0 heterocycles. The summed E-state index contributed by atoms with van der Waals surface area (Å²) in [5.41, 5.74) is 0.582. The minimum atomic E-state index is -0.122. The minimum absolute atomic E-state index is 0.122. The van der Waals surface area contributed by atoms with Crippen LogP contribution in [0.25, 0.3) is 0 Å². The van der Waals surface area contributed by atoms with Crippen LogP contribution in [0.2, 0.25) is 0 Å². The molecule has 0 aliphatic carbocycles.